The number of anilines is 1. The molecule has 1 heterocycles. The van der Waals surface area contributed by atoms with Crippen molar-refractivity contribution in [3.8, 4) is 11.8 Å². The van der Waals surface area contributed by atoms with Gasteiger partial charge in [0.1, 0.15) is 6.10 Å². The minimum Gasteiger partial charge on any atom is -0.481 e. The molecule has 0 aliphatic heterocycles. The molecular weight excluding hydrogens is 254 g/mol. The molecule has 0 saturated heterocycles. The zero-order chi connectivity index (χ0) is 14.7. The van der Waals surface area contributed by atoms with E-state index in [1.807, 2.05) is 0 Å². The van der Waals surface area contributed by atoms with Gasteiger partial charge in [0.05, 0.1) is 13.2 Å². The van der Waals surface area contributed by atoms with Gasteiger partial charge in [-0.1, -0.05) is 27.2 Å². The van der Waals surface area contributed by atoms with E-state index in [0.29, 0.717) is 29.5 Å². The maximum Gasteiger partial charge on any atom is 0.226 e. The number of aromatic nitrogens is 2. The van der Waals surface area contributed by atoms with Gasteiger partial charge in [0.2, 0.25) is 17.7 Å². The molecule has 0 aromatic carbocycles. The van der Waals surface area contributed by atoms with Gasteiger partial charge in [-0.3, -0.25) is 0 Å². The fourth-order valence-corrected chi connectivity index (χ4v) is 2.99. The summed E-state index contributed by atoms with van der Waals surface area (Å²) in [5.41, 5.74) is 5.68. The minimum absolute atomic E-state index is 0.185. The first kappa shape index (κ1) is 14.9. The second kappa shape index (κ2) is 6.29. The molecule has 1 aromatic heterocycles. The predicted molar refractivity (Wildman–Crippen MR) is 78.8 cm³/mol. The average molecular weight is 279 g/mol. The fraction of sp³-hybridized carbons (Fsp3) is 0.733. The number of methoxy groups -OCH3 is 1. The van der Waals surface area contributed by atoms with Gasteiger partial charge in [-0.15, -0.1) is 0 Å². The van der Waals surface area contributed by atoms with Crippen molar-refractivity contribution in [2.75, 3.05) is 12.8 Å². The summed E-state index contributed by atoms with van der Waals surface area (Å²) in [5.74, 6) is 3.00. The highest BCUT2D eigenvalue weighted by atomic mass is 16.5. The molecule has 0 radical (unpaired) electrons. The number of nitrogen functional groups attached to an aromatic ring is 1. The summed E-state index contributed by atoms with van der Waals surface area (Å²) >= 11 is 0. The molecule has 1 saturated carbocycles. The van der Waals surface area contributed by atoms with E-state index in [1.165, 1.54) is 12.8 Å². The van der Waals surface area contributed by atoms with Crippen LogP contribution < -0.4 is 15.2 Å². The molecule has 112 valence electrons. The van der Waals surface area contributed by atoms with Crippen LogP contribution in [0.15, 0.2) is 6.07 Å². The lowest BCUT2D eigenvalue weighted by Crippen LogP contribution is -2.36. The first-order valence-corrected chi connectivity index (χ1v) is 7.34. The Morgan fingerprint density at radius 3 is 2.60 bits per heavy atom. The second-order valence-electron chi connectivity index (χ2n) is 6.09. The van der Waals surface area contributed by atoms with Crippen LogP contribution in [0.5, 0.6) is 11.8 Å². The Morgan fingerprint density at radius 2 is 1.95 bits per heavy atom. The summed E-state index contributed by atoms with van der Waals surface area (Å²) in [5, 5.41) is 0. The highest BCUT2D eigenvalue weighted by molar-refractivity contribution is 5.29. The van der Waals surface area contributed by atoms with E-state index in [0.717, 1.165) is 6.42 Å². The Kier molecular flexibility index (Phi) is 4.68. The average Bonchev–Trinajstić information content (AvgIpc) is 2.37. The van der Waals surface area contributed by atoms with Gasteiger partial charge >= 0.3 is 0 Å². The zero-order valence-electron chi connectivity index (χ0n) is 12.8. The lowest BCUT2D eigenvalue weighted by molar-refractivity contribution is 0.0425. The van der Waals surface area contributed by atoms with E-state index in [4.69, 9.17) is 15.2 Å². The molecule has 1 fully saturated rings. The number of hydrogen-bond acceptors (Lipinski definition) is 5. The normalized spacial score (nSPS) is 26.6. The molecule has 3 unspecified atom stereocenters. The third-order valence-corrected chi connectivity index (χ3v) is 4.14. The van der Waals surface area contributed by atoms with Crippen LogP contribution in [0.25, 0.3) is 0 Å². The molecule has 2 N–H and O–H groups in total. The van der Waals surface area contributed by atoms with Crippen molar-refractivity contribution >= 4 is 5.95 Å². The number of rotatable bonds is 4. The zero-order valence-corrected chi connectivity index (χ0v) is 12.8. The number of hydrogen-bond donors (Lipinski definition) is 1. The summed E-state index contributed by atoms with van der Waals surface area (Å²) < 4.78 is 11.2. The van der Waals surface area contributed by atoms with Crippen molar-refractivity contribution in [3.63, 3.8) is 0 Å². The molecule has 1 aliphatic rings. The largest absolute Gasteiger partial charge is 0.481 e. The Morgan fingerprint density at radius 1 is 1.25 bits per heavy atom. The lowest BCUT2D eigenvalue weighted by atomic mass is 9.75. The molecule has 1 aliphatic carbocycles. The third kappa shape index (κ3) is 3.52. The molecule has 20 heavy (non-hydrogen) atoms. The van der Waals surface area contributed by atoms with Gasteiger partial charge in [-0.05, 0) is 30.6 Å². The van der Waals surface area contributed by atoms with E-state index in [1.54, 1.807) is 13.2 Å². The molecule has 3 atom stereocenters. The molecule has 0 spiro atoms. The van der Waals surface area contributed by atoms with Crippen LogP contribution >= 0.6 is 0 Å². The standard InChI is InChI=1S/C15H25N3O2/c1-9(2)11-6-5-10(3)7-12(11)20-14-8-13(19-4)17-15(16)18-14/h8-12H,5-7H2,1-4H3,(H2,16,17,18). The van der Waals surface area contributed by atoms with E-state index < -0.39 is 0 Å². The maximum absolute atomic E-state index is 6.11. The van der Waals surface area contributed by atoms with Crippen LogP contribution in [-0.2, 0) is 0 Å². The number of ether oxygens (including phenoxy) is 2. The predicted octanol–water partition coefficient (Wildman–Crippen LogP) is 2.91. The molecular formula is C15H25N3O2. The smallest absolute Gasteiger partial charge is 0.226 e. The highest BCUT2D eigenvalue weighted by Crippen LogP contribution is 2.36. The molecule has 0 amide bonds. The van der Waals surface area contributed by atoms with E-state index in [2.05, 4.69) is 30.7 Å². The van der Waals surface area contributed by atoms with Gasteiger partial charge in [0.25, 0.3) is 0 Å². The summed E-state index contributed by atoms with van der Waals surface area (Å²) in [6, 6.07) is 1.70. The Hall–Kier alpha value is -1.52. The summed E-state index contributed by atoms with van der Waals surface area (Å²) in [6.07, 6.45) is 3.74. The summed E-state index contributed by atoms with van der Waals surface area (Å²) in [7, 11) is 1.56. The van der Waals surface area contributed by atoms with Crippen molar-refractivity contribution < 1.29 is 9.47 Å². The van der Waals surface area contributed by atoms with Gasteiger partial charge in [-0.2, -0.15) is 9.97 Å². The van der Waals surface area contributed by atoms with Crippen LogP contribution in [0.1, 0.15) is 40.0 Å². The quantitative estimate of drug-likeness (QED) is 0.917. The minimum atomic E-state index is 0.185. The van der Waals surface area contributed by atoms with Gasteiger partial charge in [0, 0.05) is 0 Å². The van der Waals surface area contributed by atoms with Crippen molar-refractivity contribution in [1.29, 1.82) is 0 Å². The summed E-state index contributed by atoms with van der Waals surface area (Å²) in [4.78, 5) is 8.14. The SMILES string of the molecule is COc1cc(OC2CC(C)CCC2C(C)C)nc(N)n1. The van der Waals surface area contributed by atoms with Crippen LogP contribution in [-0.4, -0.2) is 23.2 Å². The topological polar surface area (TPSA) is 70.3 Å². The van der Waals surface area contributed by atoms with Crippen LogP contribution in [0, 0.1) is 17.8 Å². The molecule has 1 aromatic rings. The van der Waals surface area contributed by atoms with Crippen molar-refractivity contribution in [1.82, 2.24) is 9.97 Å². The van der Waals surface area contributed by atoms with Gasteiger partial charge < -0.3 is 15.2 Å². The molecule has 5 heteroatoms. The van der Waals surface area contributed by atoms with Crippen molar-refractivity contribution in [2.24, 2.45) is 17.8 Å². The van der Waals surface area contributed by atoms with Crippen LogP contribution in [0.2, 0.25) is 0 Å². The molecule has 2 rings (SSSR count). The Balaban J connectivity index is 2.15. The van der Waals surface area contributed by atoms with Crippen LogP contribution in [0.4, 0.5) is 5.95 Å². The van der Waals surface area contributed by atoms with Crippen molar-refractivity contribution in [2.45, 2.75) is 46.1 Å². The fourth-order valence-electron chi connectivity index (χ4n) is 2.99. The molecule has 5 nitrogen and oxygen atoms in total. The third-order valence-electron chi connectivity index (χ3n) is 4.14. The monoisotopic (exact) mass is 279 g/mol. The van der Waals surface area contributed by atoms with E-state index in [-0.39, 0.29) is 12.1 Å². The van der Waals surface area contributed by atoms with Gasteiger partial charge in [0.15, 0.2) is 0 Å². The van der Waals surface area contributed by atoms with Crippen LogP contribution in [0.3, 0.4) is 0 Å². The Labute approximate surface area is 120 Å². The van der Waals surface area contributed by atoms with E-state index in [9.17, 15) is 0 Å². The van der Waals surface area contributed by atoms with E-state index >= 15 is 0 Å². The van der Waals surface area contributed by atoms with Gasteiger partial charge in [-0.25, -0.2) is 0 Å². The lowest BCUT2D eigenvalue weighted by Gasteiger charge is -2.37. The number of nitrogens with two attached hydrogens (primary N) is 1. The Bertz CT molecular complexity index is 451. The maximum atomic E-state index is 6.11. The van der Waals surface area contributed by atoms with Crippen molar-refractivity contribution in [3.05, 3.63) is 6.07 Å². The second-order valence-corrected chi connectivity index (χ2v) is 6.09. The first-order valence-electron chi connectivity index (χ1n) is 7.34. The first-order chi connectivity index (χ1) is 9.49. The summed E-state index contributed by atoms with van der Waals surface area (Å²) in [6.45, 7) is 6.79. The highest BCUT2D eigenvalue weighted by Gasteiger charge is 2.32. The molecule has 0 bridgehead atoms. The number of nitrogens with zero attached hydrogens (tertiary/aromatic N) is 2.